The molecule has 1 aromatic rings. The number of nitrogens with zero attached hydrogens (tertiary/aromatic N) is 2. The van der Waals surface area contributed by atoms with E-state index in [-0.39, 0.29) is 0 Å². The number of hydrogen-bond donors (Lipinski definition) is 1. The lowest BCUT2D eigenvalue weighted by molar-refractivity contribution is 1.01. The summed E-state index contributed by atoms with van der Waals surface area (Å²) in [6, 6.07) is 0. The Bertz CT molecular complexity index is 291. The molecule has 72 valence electrons. The van der Waals surface area contributed by atoms with Gasteiger partial charge in [0.15, 0.2) is 0 Å². The average Bonchev–Trinajstić information content (AvgIpc) is 2.08. The Morgan fingerprint density at radius 1 is 1.46 bits per heavy atom. The summed E-state index contributed by atoms with van der Waals surface area (Å²) < 4.78 is 0.941. The largest absolute Gasteiger partial charge is 0.372 e. The molecule has 0 aliphatic heterocycles. The smallest absolute Gasteiger partial charge is 0.144 e. The van der Waals surface area contributed by atoms with E-state index in [0.29, 0.717) is 5.25 Å². The molecule has 0 aromatic carbocycles. The highest BCUT2D eigenvalue weighted by Gasteiger charge is 2.08. The van der Waals surface area contributed by atoms with Crippen LogP contribution >= 0.6 is 27.7 Å². The van der Waals surface area contributed by atoms with Crippen molar-refractivity contribution < 1.29 is 0 Å². The third-order valence-corrected chi connectivity index (χ3v) is 3.36. The summed E-state index contributed by atoms with van der Waals surface area (Å²) in [5.41, 5.74) is 0. The van der Waals surface area contributed by atoms with Crippen molar-refractivity contribution in [3.05, 3.63) is 10.8 Å². The number of hydrogen-bond acceptors (Lipinski definition) is 4. The van der Waals surface area contributed by atoms with Crippen molar-refractivity contribution >= 4 is 33.5 Å². The molecule has 0 saturated heterocycles. The molecule has 0 aliphatic rings. The molecule has 0 bridgehead atoms. The molecule has 0 saturated carbocycles. The van der Waals surface area contributed by atoms with Crippen LogP contribution in [0.1, 0.15) is 13.8 Å². The van der Waals surface area contributed by atoms with Gasteiger partial charge in [-0.05, 0) is 15.9 Å². The van der Waals surface area contributed by atoms with Gasteiger partial charge in [-0.25, -0.2) is 9.97 Å². The van der Waals surface area contributed by atoms with Crippen LogP contribution in [0.5, 0.6) is 0 Å². The van der Waals surface area contributed by atoms with Gasteiger partial charge in [-0.15, -0.1) is 11.8 Å². The number of nitrogens with one attached hydrogen (secondary N) is 1. The normalized spacial score (nSPS) is 10.5. The van der Waals surface area contributed by atoms with E-state index in [4.69, 9.17) is 0 Å². The number of anilines is 1. The van der Waals surface area contributed by atoms with Gasteiger partial charge in [0.1, 0.15) is 17.2 Å². The minimum absolute atomic E-state index is 0.524. The minimum atomic E-state index is 0.524. The van der Waals surface area contributed by atoms with Crippen molar-refractivity contribution in [3.63, 3.8) is 0 Å². The zero-order valence-corrected chi connectivity index (χ0v) is 10.2. The standard InChI is InChI=1S/C8H12BrN3S/c1-5(2)13-8-6(9)7(10-3)11-4-12-8/h4-5H,1-3H3,(H,10,11,12). The number of halogens is 1. The number of thioether (sulfide) groups is 1. The Morgan fingerprint density at radius 2 is 2.15 bits per heavy atom. The first-order valence-electron chi connectivity index (χ1n) is 4.00. The van der Waals surface area contributed by atoms with Crippen molar-refractivity contribution in [1.29, 1.82) is 0 Å². The van der Waals surface area contributed by atoms with E-state index in [1.807, 2.05) is 7.05 Å². The summed E-state index contributed by atoms with van der Waals surface area (Å²) in [4.78, 5) is 8.27. The highest BCUT2D eigenvalue weighted by atomic mass is 79.9. The lowest BCUT2D eigenvalue weighted by Crippen LogP contribution is -1.97. The summed E-state index contributed by atoms with van der Waals surface area (Å²) in [6.45, 7) is 4.27. The van der Waals surface area contributed by atoms with Crippen LogP contribution in [0.3, 0.4) is 0 Å². The fourth-order valence-electron chi connectivity index (χ4n) is 0.833. The Labute approximate surface area is 90.9 Å². The Morgan fingerprint density at radius 3 is 2.69 bits per heavy atom. The van der Waals surface area contributed by atoms with E-state index in [9.17, 15) is 0 Å². The molecule has 0 amide bonds. The quantitative estimate of drug-likeness (QED) is 0.671. The molecule has 3 nitrogen and oxygen atoms in total. The summed E-state index contributed by atoms with van der Waals surface area (Å²) in [6.07, 6.45) is 1.57. The molecule has 0 aliphatic carbocycles. The molecular weight excluding hydrogens is 250 g/mol. The molecule has 1 heterocycles. The first-order chi connectivity index (χ1) is 6.15. The van der Waals surface area contributed by atoms with Crippen LogP contribution in [0.15, 0.2) is 15.8 Å². The van der Waals surface area contributed by atoms with Crippen LogP contribution in [0.2, 0.25) is 0 Å². The molecule has 5 heteroatoms. The van der Waals surface area contributed by atoms with Gasteiger partial charge in [-0.1, -0.05) is 13.8 Å². The maximum Gasteiger partial charge on any atom is 0.144 e. The SMILES string of the molecule is CNc1ncnc(SC(C)C)c1Br. The fourth-order valence-corrected chi connectivity index (χ4v) is 2.27. The van der Waals surface area contributed by atoms with Gasteiger partial charge in [0, 0.05) is 12.3 Å². The Hall–Kier alpha value is -0.290. The van der Waals surface area contributed by atoms with Crippen molar-refractivity contribution in [2.24, 2.45) is 0 Å². The Balaban J connectivity index is 2.94. The van der Waals surface area contributed by atoms with Gasteiger partial charge < -0.3 is 5.32 Å². The van der Waals surface area contributed by atoms with Gasteiger partial charge >= 0.3 is 0 Å². The predicted molar refractivity (Wildman–Crippen MR) is 60.3 cm³/mol. The highest BCUT2D eigenvalue weighted by molar-refractivity contribution is 9.10. The first kappa shape index (κ1) is 10.8. The zero-order chi connectivity index (χ0) is 9.84. The number of aromatic nitrogens is 2. The van der Waals surface area contributed by atoms with E-state index in [0.717, 1.165) is 15.3 Å². The minimum Gasteiger partial charge on any atom is -0.372 e. The lowest BCUT2D eigenvalue weighted by Gasteiger charge is -2.08. The molecule has 1 rings (SSSR count). The molecule has 0 atom stereocenters. The predicted octanol–water partition coefficient (Wildman–Crippen LogP) is 2.78. The second kappa shape index (κ2) is 4.81. The molecule has 1 aromatic heterocycles. The Kier molecular flexibility index (Phi) is 3.99. The molecule has 13 heavy (non-hydrogen) atoms. The van der Waals surface area contributed by atoms with Crippen LogP contribution in [-0.4, -0.2) is 22.3 Å². The van der Waals surface area contributed by atoms with E-state index >= 15 is 0 Å². The molecule has 0 unspecified atom stereocenters. The van der Waals surface area contributed by atoms with Gasteiger partial charge in [0.05, 0.1) is 4.47 Å². The fraction of sp³-hybridized carbons (Fsp3) is 0.500. The van der Waals surface area contributed by atoms with E-state index in [1.54, 1.807) is 18.1 Å². The van der Waals surface area contributed by atoms with Crippen LogP contribution in [-0.2, 0) is 0 Å². The van der Waals surface area contributed by atoms with E-state index in [2.05, 4.69) is 45.1 Å². The third kappa shape index (κ3) is 2.84. The van der Waals surface area contributed by atoms with Crippen LogP contribution in [0.25, 0.3) is 0 Å². The van der Waals surface area contributed by atoms with Crippen LogP contribution in [0, 0.1) is 0 Å². The van der Waals surface area contributed by atoms with Gasteiger partial charge in [-0.2, -0.15) is 0 Å². The molecule has 0 fully saturated rings. The molecule has 0 spiro atoms. The van der Waals surface area contributed by atoms with Crippen LogP contribution < -0.4 is 5.32 Å². The van der Waals surface area contributed by atoms with Gasteiger partial charge in [-0.3, -0.25) is 0 Å². The van der Waals surface area contributed by atoms with Crippen molar-refractivity contribution in [3.8, 4) is 0 Å². The second-order valence-corrected chi connectivity index (χ2v) is 5.12. The van der Waals surface area contributed by atoms with Gasteiger partial charge in [0.25, 0.3) is 0 Å². The van der Waals surface area contributed by atoms with Crippen LogP contribution in [0.4, 0.5) is 5.82 Å². The van der Waals surface area contributed by atoms with Crippen molar-refractivity contribution in [2.45, 2.75) is 24.1 Å². The van der Waals surface area contributed by atoms with E-state index < -0.39 is 0 Å². The maximum atomic E-state index is 4.19. The molecular formula is C8H12BrN3S. The topological polar surface area (TPSA) is 37.8 Å². The lowest BCUT2D eigenvalue weighted by atomic mass is 10.6. The second-order valence-electron chi connectivity index (χ2n) is 2.76. The van der Waals surface area contributed by atoms with Crippen molar-refractivity contribution in [1.82, 2.24) is 9.97 Å². The average molecular weight is 262 g/mol. The molecule has 0 radical (unpaired) electrons. The summed E-state index contributed by atoms with van der Waals surface area (Å²) in [5.74, 6) is 0.832. The van der Waals surface area contributed by atoms with Gasteiger partial charge in [0.2, 0.25) is 0 Å². The summed E-state index contributed by atoms with van der Waals surface area (Å²) in [5, 5.41) is 4.50. The third-order valence-electron chi connectivity index (χ3n) is 1.34. The molecule has 1 N–H and O–H groups in total. The highest BCUT2D eigenvalue weighted by Crippen LogP contribution is 2.31. The monoisotopic (exact) mass is 261 g/mol. The zero-order valence-electron chi connectivity index (χ0n) is 7.84. The summed E-state index contributed by atoms with van der Waals surface area (Å²) >= 11 is 5.18. The summed E-state index contributed by atoms with van der Waals surface area (Å²) in [7, 11) is 1.84. The maximum absolute atomic E-state index is 4.19. The first-order valence-corrected chi connectivity index (χ1v) is 5.67. The number of rotatable bonds is 3. The van der Waals surface area contributed by atoms with Crippen molar-refractivity contribution in [2.75, 3.05) is 12.4 Å². The van der Waals surface area contributed by atoms with E-state index in [1.165, 1.54) is 0 Å².